The van der Waals surface area contributed by atoms with Crippen molar-refractivity contribution in [1.82, 2.24) is 0 Å². The van der Waals surface area contributed by atoms with Crippen LogP contribution in [-0.4, -0.2) is 24.4 Å². The summed E-state index contributed by atoms with van der Waals surface area (Å²) >= 11 is 0. The standard InChI is InChI=1S/C16H21NO2/c17-10-11-19-15-6-3-4-13(12-15)8-9-14-5-1-2-7-16(14)18/h3-4,6,12,14,16,18H,1-2,5,7,10-11,17H2. The molecule has 0 aromatic heterocycles. The molecular formula is C16H21NO2. The normalized spacial score (nSPS) is 22.4. The molecule has 1 aromatic rings. The van der Waals surface area contributed by atoms with Crippen LogP contribution in [0.25, 0.3) is 0 Å². The van der Waals surface area contributed by atoms with Crippen LogP contribution in [0.15, 0.2) is 24.3 Å². The first-order valence-corrected chi connectivity index (χ1v) is 6.92. The molecule has 1 fully saturated rings. The third-order valence-electron chi connectivity index (χ3n) is 3.35. The Morgan fingerprint density at radius 3 is 2.95 bits per heavy atom. The molecule has 0 radical (unpaired) electrons. The van der Waals surface area contributed by atoms with Crippen LogP contribution >= 0.6 is 0 Å². The minimum atomic E-state index is -0.266. The van der Waals surface area contributed by atoms with E-state index in [0.29, 0.717) is 13.2 Å². The number of benzene rings is 1. The zero-order valence-electron chi connectivity index (χ0n) is 11.1. The lowest BCUT2D eigenvalue weighted by Gasteiger charge is -2.22. The molecule has 2 rings (SSSR count). The highest BCUT2D eigenvalue weighted by molar-refractivity contribution is 5.40. The molecule has 3 nitrogen and oxygen atoms in total. The molecule has 0 amide bonds. The van der Waals surface area contributed by atoms with E-state index in [9.17, 15) is 5.11 Å². The van der Waals surface area contributed by atoms with Crippen LogP contribution in [-0.2, 0) is 0 Å². The fourth-order valence-corrected chi connectivity index (χ4v) is 2.30. The summed E-state index contributed by atoms with van der Waals surface area (Å²) in [5.74, 6) is 7.24. The van der Waals surface area contributed by atoms with Crippen LogP contribution in [0, 0.1) is 17.8 Å². The van der Waals surface area contributed by atoms with E-state index in [2.05, 4.69) is 11.8 Å². The van der Waals surface area contributed by atoms with Gasteiger partial charge in [0.2, 0.25) is 0 Å². The number of ether oxygens (including phenoxy) is 1. The molecule has 0 saturated heterocycles. The topological polar surface area (TPSA) is 55.5 Å². The Hall–Kier alpha value is -1.50. The van der Waals surface area contributed by atoms with Gasteiger partial charge in [0.15, 0.2) is 0 Å². The van der Waals surface area contributed by atoms with Gasteiger partial charge in [0.05, 0.1) is 6.10 Å². The summed E-state index contributed by atoms with van der Waals surface area (Å²) < 4.78 is 5.47. The molecule has 19 heavy (non-hydrogen) atoms. The van der Waals surface area contributed by atoms with Gasteiger partial charge < -0.3 is 15.6 Å². The van der Waals surface area contributed by atoms with Crippen LogP contribution < -0.4 is 10.5 Å². The Kier molecular flexibility index (Phi) is 5.26. The monoisotopic (exact) mass is 259 g/mol. The van der Waals surface area contributed by atoms with Gasteiger partial charge >= 0.3 is 0 Å². The molecule has 0 spiro atoms. The van der Waals surface area contributed by atoms with Crippen molar-refractivity contribution in [3.05, 3.63) is 29.8 Å². The number of nitrogens with two attached hydrogens (primary N) is 1. The first kappa shape index (κ1) is 13.9. The first-order chi connectivity index (χ1) is 9.29. The van der Waals surface area contributed by atoms with E-state index < -0.39 is 0 Å². The summed E-state index contributed by atoms with van der Waals surface area (Å²) in [7, 11) is 0. The van der Waals surface area contributed by atoms with Crippen LogP contribution in [0.1, 0.15) is 31.2 Å². The summed E-state index contributed by atoms with van der Waals surface area (Å²) in [5, 5.41) is 9.88. The molecule has 1 aliphatic carbocycles. The fraction of sp³-hybridized carbons (Fsp3) is 0.500. The molecule has 0 bridgehead atoms. The van der Waals surface area contributed by atoms with Crippen molar-refractivity contribution < 1.29 is 9.84 Å². The maximum Gasteiger partial charge on any atom is 0.120 e. The Bertz CT molecular complexity index is 461. The Balaban J connectivity index is 2.02. The molecule has 0 aliphatic heterocycles. The Morgan fingerprint density at radius 1 is 1.32 bits per heavy atom. The summed E-state index contributed by atoms with van der Waals surface area (Å²) in [5.41, 5.74) is 6.33. The van der Waals surface area contributed by atoms with Crippen LogP contribution in [0.4, 0.5) is 0 Å². The molecule has 1 aromatic carbocycles. The maximum absolute atomic E-state index is 9.88. The van der Waals surface area contributed by atoms with E-state index in [1.54, 1.807) is 0 Å². The van der Waals surface area contributed by atoms with E-state index in [-0.39, 0.29) is 12.0 Å². The van der Waals surface area contributed by atoms with Crippen molar-refractivity contribution in [2.24, 2.45) is 11.7 Å². The third kappa shape index (κ3) is 4.27. The van der Waals surface area contributed by atoms with Gasteiger partial charge in [0.25, 0.3) is 0 Å². The summed E-state index contributed by atoms with van der Waals surface area (Å²) in [6.45, 7) is 1.02. The average Bonchev–Trinajstić information content (AvgIpc) is 2.45. The highest BCUT2D eigenvalue weighted by Gasteiger charge is 2.20. The fourth-order valence-electron chi connectivity index (χ4n) is 2.30. The van der Waals surface area contributed by atoms with Gasteiger partial charge in [-0.15, -0.1) is 0 Å². The van der Waals surface area contributed by atoms with Gasteiger partial charge in [-0.3, -0.25) is 0 Å². The quantitative estimate of drug-likeness (QED) is 0.815. The smallest absolute Gasteiger partial charge is 0.120 e. The van der Waals surface area contributed by atoms with Gasteiger partial charge in [-0.05, 0) is 31.0 Å². The van der Waals surface area contributed by atoms with Gasteiger partial charge in [-0.1, -0.05) is 30.7 Å². The minimum absolute atomic E-state index is 0.113. The molecule has 1 saturated carbocycles. The molecule has 3 N–H and O–H groups in total. The van der Waals surface area contributed by atoms with Crippen molar-refractivity contribution in [1.29, 1.82) is 0 Å². The largest absolute Gasteiger partial charge is 0.492 e. The zero-order valence-corrected chi connectivity index (χ0v) is 11.1. The number of hydrogen-bond donors (Lipinski definition) is 2. The summed E-state index contributed by atoms with van der Waals surface area (Å²) in [6.07, 6.45) is 3.88. The van der Waals surface area contributed by atoms with E-state index in [4.69, 9.17) is 10.5 Å². The number of aliphatic hydroxyl groups excluding tert-OH is 1. The maximum atomic E-state index is 9.88. The van der Waals surface area contributed by atoms with Crippen molar-refractivity contribution in [3.8, 4) is 17.6 Å². The van der Waals surface area contributed by atoms with Crippen LogP contribution in [0.2, 0.25) is 0 Å². The van der Waals surface area contributed by atoms with Gasteiger partial charge in [-0.25, -0.2) is 0 Å². The van der Waals surface area contributed by atoms with E-state index in [0.717, 1.165) is 37.0 Å². The predicted octanol–water partition coefficient (Wildman–Crippen LogP) is 1.93. The van der Waals surface area contributed by atoms with Gasteiger partial charge in [0.1, 0.15) is 12.4 Å². The van der Waals surface area contributed by atoms with Crippen molar-refractivity contribution in [2.45, 2.75) is 31.8 Å². The first-order valence-electron chi connectivity index (χ1n) is 6.92. The van der Waals surface area contributed by atoms with E-state index in [1.165, 1.54) is 0 Å². The van der Waals surface area contributed by atoms with Crippen molar-refractivity contribution in [3.63, 3.8) is 0 Å². The molecule has 2 atom stereocenters. The SMILES string of the molecule is NCCOc1cccc(C#CC2CCCCC2O)c1. The predicted molar refractivity (Wildman–Crippen MR) is 75.8 cm³/mol. The lowest BCUT2D eigenvalue weighted by atomic mass is 9.87. The highest BCUT2D eigenvalue weighted by Crippen LogP contribution is 2.23. The van der Waals surface area contributed by atoms with Crippen LogP contribution in [0.3, 0.4) is 0 Å². The lowest BCUT2D eigenvalue weighted by Crippen LogP contribution is -2.22. The number of aliphatic hydroxyl groups is 1. The van der Waals surface area contributed by atoms with E-state index in [1.807, 2.05) is 24.3 Å². The number of rotatable bonds is 3. The van der Waals surface area contributed by atoms with Gasteiger partial charge in [0, 0.05) is 18.0 Å². The van der Waals surface area contributed by atoms with Crippen LogP contribution in [0.5, 0.6) is 5.75 Å². The lowest BCUT2D eigenvalue weighted by molar-refractivity contribution is 0.0970. The molecule has 3 heteroatoms. The average molecular weight is 259 g/mol. The molecule has 2 unspecified atom stereocenters. The third-order valence-corrected chi connectivity index (χ3v) is 3.35. The molecular weight excluding hydrogens is 238 g/mol. The second kappa shape index (κ2) is 7.18. The summed E-state index contributed by atoms with van der Waals surface area (Å²) in [6, 6.07) is 7.69. The zero-order chi connectivity index (χ0) is 13.5. The van der Waals surface area contributed by atoms with E-state index >= 15 is 0 Å². The van der Waals surface area contributed by atoms with Gasteiger partial charge in [-0.2, -0.15) is 0 Å². The number of hydrogen-bond acceptors (Lipinski definition) is 3. The second-order valence-corrected chi connectivity index (χ2v) is 4.89. The van der Waals surface area contributed by atoms with Crippen molar-refractivity contribution in [2.75, 3.05) is 13.2 Å². The minimum Gasteiger partial charge on any atom is -0.492 e. The Morgan fingerprint density at radius 2 is 2.16 bits per heavy atom. The molecule has 102 valence electrons. The highest BCUT2D eigenvalue weighted by atomic mass is 16.5. The molecule has 1 aliphatic rings. The van der Waals surface area contributed by atoms with Crippen molar-refractivity contribution >= 4 is 0 Å². The molecule has 0 heterocycles. The Labute approximate surface area is 114 Å². The second-order valence-electron chi connectivity index (χ2n) is 4.89. The summed E-state index contributed by atoms with van der Waals surface area (Å²) in [4.78, 5) is 0.